The number of rotatable bonds is 1. The summed E-state index contributed by atoms with van der Waals surface area (Å²) in [4.78, 5) is 11.0. The second-order valence-corrected chi connectivity index (χ2v) is 3.93. The van der Waals surface area contributed by atoms with Crippen molar-refractivity contribution in [1.82, 2.24) is 5.32 Å². The van der Waals surface area contributed by atoms with Crippen molar-refractivity contribution in [1.29, 1.82) is 0 Å². The summed E-state index contributed by atoms with van der Waals surface area (Å²) in [6.07, 6.45) is -4.57. The van der Waals surface area contributed by atoms with Crippen molar-refractivity contribution >= 4 is 5.91 Å². The highest BCUT2D eigenvalue weighted by molar-refractivity contribution is 5.79. The van der Waals surface area contributed by atoms with Gasteiger partial charge in [0.05, 0.1) is 5.56 Å². The van der Waals surface area contributed by atoms with E-state index in [1.165, 1.54) is 0 Å². The Hall–Kier alpha value is -1.59. The predicted octanol–water partition coefficient (Wildman–Crippen LogP) is 2.45. The number of carbonyl (C=O) groups excluding carboxylic acids is 1. The standard InChI is InChI=1S/C11H9F4NO/c12-7-1-2-9(11(13,14)15)8(4-7)6-3-10(17)16-5-6/h1-2,4,6H,3,5H2,(H,16,17). The van der Waals surface area contributed by atoms with Gasteiger partial charge in [0.15, 0.2) is 0 Å². The van der Waals surface area contributed by atoms with Crippen LogP contribution in [0.5, 0.6) is 0 Å². The first kappa shape index (κ1) is 11.9. The van der Waals surface area contributed by atoms with Crippen LogP contribution >= 0.6 is 0 Å². The Morgan fingerprint density at radius 2 is 2.00 bits per heavy atom. The molecule has 17 heavy (non-hydrogen) atoms. The van der Waals surface area contributed by atoms with E-state index in [1.54, 1.807) is 0 Å². The van der Waals surface area contributed by atoms with Gasteiger partial charge in [0, 0.05) is 18.9 Å². The van der Waals surface area contributed by atoms with Gasteiger partial charge in [-0.25, -0.2) is 4.39 Å². The predicted molar refractivity (Wildman–Crippen MR) is 51.8 cm³/mol. The summed E-state index contributed by atoms with van der Waals surface area (Å²) < 4.78 is 51.1. The van der Waals surface area contributed by atoms with Crippen molar-refractivity contribution in [3.8, 4) is 0 Å². The van der Waals surface area contributed by atoms with Gasteiger partial charge in [-0.15, -0.1) is 0 Å². The molecule has 1 atom stereocenters. The molecule has 2 nitrogen and oxygen atoms in total. The summed E-state index contributed by atoms with van der Waals surface area (Å²) in [5, 5.41) is 2.44. The number of amides is 1. The lowest BCUT2D eigenvalue weighted by atomic mass is 9.93. The van der Waals surface area contributed by atoms with Crippen molar-refractivity contribution in [2.24, 2.45) is 0 Å². The molecule has 1 fully saturated rings. The van der Waals surface area contributed by atoms with E-state index in [2.05, 4.69) is 5.32 Å². The zero-order valence-electron chi connectivity index (χ0n) is 8.64. The highest BCUT2D eigenvalue weighted by Gasteiger charge is 2.37. The average molecular weight is 247 g/mol. The van der Waals surface area contributed by atoms with Crippen molar-refractivity contribution < 1.29 is 22.4 Å². The van der Waals surface area contributed by atoms with Gasteiger partial charge in [0.25, 0.3) is 0 Å². The van der Waals surface area contributed by atoms with Crippen molar-refractivity contribution in [3.05, 3.63) is 35.1 Å². The molecule has 0 aromatic heterocycles. The van der Waals surface area contributed by atoms with Crippen molar-refractivity contribution in [2.45, 2.75) is 18.5 Å². The molecule has 1 aromatic rings. The number of hydrogen-bond acceptors (Lipinski definition) is 1. The lowest BCUT2D eigenvalue weighted by Crippen LogP contribution is -2.15. The Morgan fingerprint density at radius 1 is 1.29 bits per heavy atom. The minimum atomic E-state index is -4.53. The quantitative estimate of drug-likeness (QED) is 0.759. The first-order valence-corrected chi connectivity index (χ1v) is 5.01. The van der Waals surface area contributed by atoms with Gasteiger partial charge in [0.2, 0.25) is 5.91 Å². The van der Waals surface area contributed by atoms with Gasteiger partial charge < -0.3 is 5.32 Å². The summed E-state index contributed by atoms with van der Waals surface area (Å²) in [6.45, 7) is 0.116. The second kappa shape index (κ2) is 4.01. The number of nitrogens with one attached hydrogen (secondary N) is 1. The maximum Gasteiger partial charge on any atom is 0.416 e. The average Bonchev–Trinajstić information content (AvgIpc) is 2.62. The third-order valence-corrected chi connectivity index (χ3v) is 2.74. The van der Waals surface area contributed by atoms with E-state index in [4.69, 9.17) is 0 Å². The Morgan fingerprint density at radius 3 is 2.53 bits per heavy atom. The molecule has 1 aliphatic rings. The smallest absolute Gasteiger partial charge is 0.355 e. The second-order valence-electron chi connectivity index (χ2n) is 3.93. The molecule has 1 N–H and O–H groups in total. The minimum absolute atomic E-state index is 0.0352. The molecule has 0 aliphatic carbocycles. The van der Waals surface area contributed by atoms with Crippen LogP contribution in [0.4, 0.5) is 17.6 Å². The van der Waals surface area contributed by atoms with Crippen LogP contribution in [-0.2, 0) is 11.0 Å². The van der Waals surface area contributed by atoms with E-state index >= 15 is 0 Å². The highest BCUT2D eigenvalue weighted by atomic mass is 19.4. The van der Waals surface area contributed by atoms with Gasteiger partial charge >= 0.3 is 6.18 Å². The molecule has 0 radical (unpaired) electrons. The number of carbonyl (C=O) groups is 1. The third-order valence-electron chi connectivity index (χ3n) is 2.74. The number of alkyl halides is 3. The molecule has 1 heterocycles. The first-order chi connectivity index (χ1) is 7.88. The number of halogens is 4. The molecule has 1 aromatic carbocycles. The van der Waals surface area contributed by atoms with E-state index < -0.39 is 23.5 Å². The summed E-state index contributed by atoms with van der Waals surface area (Å²) in [5.41, 5.74) is -1.03. The molecule has 0 bridgehead atoms. The molecular formula is C11H9F4NO. The third kappa shape index (κ3) is 2.40. The first-order valence-electron chi connectivity index (χ1n) is 5.01. The van der Waals surface area contributed by atoms with Crippen LogP contribution in [0.2, 0.25) is 0 Å². The lowest BCUT2D eigenvalue weighted by Gasteiger charge is -2.16. The van der Waals surface area contributed by atoms with Crippen LogP contribution < -0.4 is 5.32 Å². The van der Waals surface area contributed by atoms with Crippen LogP contribution in [0.15, 0.2) is 18.2 Å². The van der Waals surface area contributed by atoms with Crippen molar-refractivity contribution in [2.75, 3.05) is 6.54 Å². The van der Waals surface area contributed by atoms with E-state index in [-0.39, 0.29) is 24.4 Å². The number of benzene rings is 1. The molecule has 1 unspecified atom stereocenters. The largest absolute Gasteiger partial charge is 0.416 e. The maximum atomic E-state index is 13.0. The zero-order chi connectivity index (χ0) is 12.6. The fraction of sp³-hybridized carbons (Fsp3) is 0.364. The molecular weight excluding hydrogens is 238 g/mol. The van der Waals surface area contributed by atoms with Crippen LogP contribution in [0, 0.1) is 5.82 Å². The Balaban J connectivity index is 2.44. The molecule has 1 amide bonds. The summed E-state index contributed by atoms with van der Waals surface area (Å²) in [7, 11) is 0. The van der Waals surface area contributed by atoms with E-state index in [1.807, 2.05) is 0 Å². The Bertz CT molecular complexity index is 455. The highest BCUT2D eigenvalue weighted by Crippen LogP contribution is 2.37. The van der Waals surface area contributed by atoms with E-state index in [9.17, 15) is 22.4 Å². The SMILES string of the molecule is O=C1CC(c2cc(F)ccc2C(F)(F)F)CN1. The normalized spacial score (nSPS) is 20.5. The molecule has 1 aliphatic heterocycles. The zero-order valence-corrected chi connectivity index (χ0v) is 8.64. The van der Waals surface area contributed by atoms with Gasteiger partial charge in [-0.1, -0.05) is 0 Å². The molecule has 2 rings (SSSR count). The molecule has 92 valence electrons. The van der Waals surface area contributed by atoms with Crippen LogP contribution in [0.25, 0.3) is 0 Å². The molecule has 1 saturated heterocycles. The summed E-state index contributed by atoms with van der Waals surface area (Å²) in [6, 6.07) is 2.34. The maximum absolute atomic E-state index is 13.0. The van der Waals surface area contributed by atoms with Gasteiger partial charge in [-0.05, 0) is 23.8 Å². The fourth-order valence-electron chi connectivity index (χ4n) is 1.95. The van der Waals surface area contributed by atoms with Gasteiger partial charge in [-0.2, -0.15) is 13.2 Å². The summed E-state index contributed by atoms with van der Waals surface area (Å²) in [5.74, 6) is -1.66. The van der Waals surface area contributed by atoms with Crippen LogP contribution in [0.1, 0.15) is 23.5 Å². The monoisotopic (exact) mass is 247 g/mol. The molecule has 0 saturated carbocycles. The molecule has 0 spiro atoms. The van der Waals surface area contributed by atoms with Crippen LogP contribution in [-0.4, -0.2) is 12.5 Å². The van der Waals surface area contributed by atoms with Crippen LogP contribution in [0.3, 0.4) is 0 Å². The Kier molecular flexibility index (Phi) is 2.81. The van der Waals surface area contributed by atoms with Gasteiger partial charge in [0.1, 0.15) is 5.82 Å². The van der Waals surface area contributed by atoms with Gasteiger partial charge in [-0.3, -0.25) is 4.79 Å². The Labute approximate surface area is 94.6 Å². The van der Waals surface area contributed by atoms with E-state index in [0.717, 1.165) is 12.1 Å². The molecule has 6 heteroatoms. The summed E-state index contributed by atoms with van der Waals surface area (Å²) >= 11 is 0. The lowest BCUT2D eigenvalue weighted by molar-refractivity contribution is -0.138. The van der Waals surface area contributed by atoms with E-state index in [0.29, 0.717) is 6.07 Å². The topological polar surface area (TPSA) is 29.1 Å². The minimum Gasteiger partial charge on any atom is -0.355 e. The van der Waals surface area contributed by atoms with Crippen molar-refractivity contribution in [3.63, 3.8) is 0 Å². The fourth-order valence-corrected chi connectivity index (χ4v) is 1.95. The number of hydrogen-bond donors (Lipinski definition) is 1.